The summed E-state index contributed by atoms with van der Waals surface area (Å²) in [5.74, 6) is -2.60. The van der Waals surface area contributed by atoms with Crippen LogP contribution in [0.2, 0.25) is 5.02 Å². The van der Waals surface area contributed by atoms with Crippen LogP contribution in [0.1, 0.15) is 104 Å². The van der Waals surface area contributed by atoms with Crippen LogP contribution < -0.4 is 0 Å². The highest BCUT2D eigenvalue weighted by atomic mass is 35.5. The first-order valence-corrected chi connectivity index (χ1v) is 23.0. The molecule has 4 saturated heterocycles. The Morgan fingerprint density at radius 1 is 1.08 bits per heavy atom. The molecule has 1 N–H and O–H groups in total. The van der Waals surface area contributed by atoms with Crippen molar-refractivity contribution < 1.29 is 57.4 Å². The van der Waals surface area contributed by atoms with Crippen LogP contribution >= 0.6 is 11.6 Å². The van der Waals surface area contributed by atoms with Crippen LogP contribution in [0.3, 0.4) is 0 Å². The van der Waals surface area contributed by atoms with Crippen molar-refractivity contribution in [3.8, 4) is 0 Å². The van der Waals surface area contributed by atoms with E-state index in [9.17, 15) is 14.7 Å². The minimum atomic E-state index is -1.79. The zero-order chi connectivity index (χ0) is 45.2. The third-order valence-corrected chi connectivity index (χ3v) is 14.3. The van der Waals surface area contributed by atoms with Crippen LogP contribution in [0.5, 0.6) is 0 Å². The highest BCUT2D eigenvalue weighted by molar-refractivity contribution is 6.30. The second kappa shape index (κ2) is 20.0. The third kappa shape index (κ3) is 10.1. The molecule has 0 saturated carbocycles. The van der Waals surface area contributed by atoms with E-state index in [1.165, 1.54) is 7.11 Å². The van der Waals surface area contributed by atoms with Gasteiger partial charge in [0.05, 0.1) is 36.6 Å². The van der Waals surface area contributed by atoms with Crippen LogP contribution in [0, 0.1) is 23.7 Å². The summed E-state index contributed by atoms with van der Waals surface area (Å²) in [6.45, 7) is 14.5. The summed E-state index contributed by atoms with van der Waals surface area (Å²) in [5, 5.41) is 17.5. The predicted octanol–water partition coefficient (Wildman–Crippen LogP) is 8.23. The number of halogens is 1. The maximum absolute atomic E-state index is 14.5. The van der Waals surface area contributed by atoms with Gasteiger partial charge in [0.2, 0.25) is 0 Å². The number of nitrogens with zero attached hydrogens (tertiary/aromatic N) is 1. The molecule has 14 heteroatoms. The van der Waals surface area contributed by atoms with Crippen molar-refractivity contribution in [2.45, 2.75) is 160 Å². The van der Waals surface area contributed by atoms with Crippen molar-refractivity contribution in [2.24, 2.45) is 28.8 Å². The molecule has 6 aliphatic rings. The number of carbonyl (C=O) groups excluding carboxylic acids is 2. The van der Waals surface area contributed by atoms with Crippen molar-refractivity contribution in [2.75, 3.05) is 20.8 Å². The number of methoxy groups -OCH3 is 1. The fourth-order valence-corrected chi connectivity index (χ4v) is 10.4. The fourth-order valence-electron chi connectivity index (χ4n) is 10.3. The van der Waals surface area contributed by atoms with Gasteiger partial charge in [-0.2, -0.15) is 0 Å². The quantitative estimate of drug-likeness (QED) is 0.152. The summed E-state index contributed by atoms with van der Waals surface area (Å²) in [7, 11) is 3.03. The molecule has 1 unspecified atom stereocenters. The molecule has 5 aliphatic heterocycles. The summed E-state index contributed by atoms with van der Waals surface area (Å²) in [4.78, 5) is 32.8. The van der Waals surface area contributed by atoms with Gasteiger partial charge in [-0.1, -0.05) is 81.3 Å². The number of allylic oxidation sites excluding steroid dienone is 2. The van der Waals surface area contributed by atoms with E-state index in [0.717, 1.165) is 18.4 Å². The summed E-state index contributed by atoms with van der Waals surface area (Å²) in [5.41, 5.74) is 1.13. The van der Waals surface area contributed by atoms with Gasteiger partial charge in [-0.25, -0.2) is 4.79 Å². The molecule has 63 heavy (non-hydrogen) atoms. The second-order valence-corrected chi connectivity index (χ2v) is 18.9. The normalized spacial score (nSPS) is 41.9. The van der Waals surface area contributed by atoms with Gasteiger partial charge in [0.1, 0.15) is 42.7 Å². The predicted molar refractivity (Wildman–Crippen MR) is 236 cm³/mol. The molecular weight excluding hydrogens is 830 g/mol. The van der Waals surface area contributed by atoms with Crippen LogP contribution in [0.25, 0.3) is 0 Å². The topological polar surface area (TPSA) is 150 Å². The van der Waals surface area contributed by atoms with Crippen LogP contribution in [0.4, 0.5) is 0 Å². The lowest BCUT2D eigenvalue weighted by molar-refractivity contribution is -0.340. The van der Waals surface area contributed by atoms with Crippen LogP contribution in [0.15, 0.2) is 76.5 Å². The van der Waals surface area contributed by atoms with E-state index in [2.05, 4.69) is 38.9 Å². The van der Waals surface area contributed by atoms with Gasteiger partial charge in [-0.15, -0.1) is 0 Å². The molecule has 1 aromatic carbocycles. The number of benzene rings is 1. The number of esters is 2. The number of aliphatic hydroxyl groups is 1. The Morgan fingerprint density at radius 3 is 2.56 bits per heavy atom. The van der Waals surface area contributed by atoms with E-state index in [-0.39, 0.29) is 24.7 Å². The van der Waals surface area contributed by atoms with Crippen molar-refractivity contribution >= 4 is 29.3 Å². The lowest BCUT2D eigenvalue weighted by atomic mass is 9.71. The molecule has 0 amide bonds. The Balaban J connectivity index is 1.21. The molecule has 1 aromatic rings. The van der Waals surface area contributed by atoms with Gasteiger partial charge in [0.15, 0.2) is 18.2 Å². The number of carbonyl (C=O) groups is 2. The molecular formula is C49H66ClNO12. The average molecular weight is 897 g/mol. The number of hydrogen-bond donors (Lipinski definition) is 1. The highest BCUT2D eigenvalue weighted by Gasteiger charge is 2.60. The Labute approximate surface area is 377 Å². The number of oxime groups is 1. The molecule has 346 valence electrons. The van der Waals surface area contributed by atoms with Crippen molar-refractivity contribution in [1.82, 2.24) is 0 Å². The van der Waals surface area contributed by atoms with Gasteiger partial charge < -0.3 is 47.8 Å². The first-order valence-electron chi connectivity index (χ1n) is 22.6. The van der Waals surface area contributed by atoms with Crippen molar-refractivity contribution in [3.05, 3.63) is 82.0 Å². The van der Waals surface area contributed by atoms with Crippen LogP contribution in [-0.4, -0.2) is 110 Å². The van der Waals surface area contributed by atoms with E-state index >= 15 is 0 Å². The second-order valence-electron chi connectivity index (χ2n) is 18.5. The summed E-state index contributed by atoms with van der Waals surface area (Å²) in [6.07, 6.45) is 8.97. The Morgan fingerprint density at radius 2 is 1.84 bits per heavy atom. The van der Waals surface area contributed by atoms with Crippen molar-refractivity contribution in [3.63, 3.8) is 0 Å². The number of fused-ring (bicyclic) bond motifs is 2. The molecule has 7 rings (SSSR count). The minimum absolute atomic E-state index is 0.0130. The Bertz CT molecular complexity index is 1960. The van der Waals surface area contributed by atoms with Gasteiger partial charge >= 0.3 is 11.9 Å². The molecule has 4 fully saturated rings. The molecule has 0 radical (unpaired) electrons. The lowest BCUT2D eigenvalue weighted by Gasteiger charge is -2.51. The Hall–Kier alpha value is -3.40. The smallest absolute Gasteiger partial charge is 0.338 e. The SMILES string of the molecule is CCC(C)[C@H]1O[C@]2(CC[C@@H]1C)C[C@@H]1C[C@@H](C/C=C(\C)[C@@H](O[C@H]3C[C@H](OC)[C@@H](OC(=O)c4ccc(Cl)cc4)[C@H](C)O3)[C@@H](C)/C=C/C=C3\CO[C@@H]4/C(=N/OC)C(C)=C[C@@H](C(=O)O1)[C@]34O)O2. The van der Waals surface area contributed by atoms with Gasteiger partial charge in [-0.05, 0) is 86.4 Å². The highest BCUT2D eigenvalue weighted by Crippen LogP contribution is 2.47. The van der Waals surface area contributed by atoms with Gasteiger partial charge in [-0.3, -0.25) is 4.79 Å². The fraction of sp³-hybridized carbons (Fsp3) is 0.653. The zero-order valence-electron chi connectivity index (χ0n) is 38.1. The van der Waals surface area contributed by atoms with E-state index in [1.54, 1.807) is 37.5 Å². The summed E-state index contributed by atoms with van der Waals surface area (Å²) >= 11 is 6.05. The standard InChI is InChI=1S/C49H66ClNO12/c1-10-27(2)43-30(5)20-21-48(63-43)25-37-23-36(62-48)19-14-29(4)42(60-40-24-39(55-8)44(32(7)58-40)61-46(52)33-15-17-35(50)18-16-33)28(3)12-11-13-34-26-57-45-41(51-56-9)31(6)22-38(47(53)59-37)49(34,45)54/h11-18,22,27-28,30,32,36-40,42-45,54H,10,19-21,23-26H2,1-9H3/b12-11+,29-14+,34-13+,51-41+/t27?,28-,30-,32-,36+,37-,38-,39-,40-,42-,43+,44-,45+,48+,49+/m0/s1. The summed E-state index contributed by atoms with van der Waals surface area (Å²) < 4.78 is 51.9. The maximum Gasteiger partial charge on any atom is 0.338 e. The van der Waals surface area contributed by atoms with E-state index in [4.69, 9.17) is 54.3 Å². The third-order valence-electron chi connectivity index (χ3n) is 14.0. The molecule has 15 atom stereocenters. The Kier molecular flexibility index (Phi) is 15.1. The first kappa shape index (κ1) is 47.6. The van der Waals surface area contributed by atoms with Gasteiger partial charge in [0, 0.05) is 43.7 Å². The monoisotopic (exact) mass is 895 g/mol. The van der Waals surface area contributed by atoms with Gasteiger partial charge in [0.25, 0.3) is 0 Å². The average Bonchev–Trinajstić information content (AvgIpc) is 3.59. The lowest BCUT2D eigenvalue weighted by Crippen LogP contribution is -2.57. The molecule has 13 nitrogen and oxygen atoms in total. The molecule has 5 heterocycles. The number of ether oxygens (including phenoxy) is 8. The van der Waals surface area contributed by atoms with E-state index < -0.39 is 72.2 Å². The van der Waals surface area contributed by atoms with E-state index in [0.29, 0.717) is 71.4 Å². The summed E-state index contributed by atoms with van der Waals surface area (Å²) in [6, 6.07) is 6.53. The minimum Gasteiger partial charge on any atom is -0.462 e. The first-order chi connectivity index (χ1) is 30.1. The van der Waals surface area contributed by atoms with E-state index in [1.807, 2.05) is 39.0 Å². The van der Waals surface area contributed by atoms with Crippen LogP contribution in [-0.2, 0) is 47.5 Å². The number of hydrogen-bond acceptors (Lipinski definition) is 13. The maximum atomic E-state index is 14.5. The van der Waals surface area contributed by atoms with Crippen molar-refractivity contribution in [1.29, 1.82) is 0 Å². The molecule has 1 spiro atoms. The number of rotatable bonds is 8. The zero-order valence-corrected chi connectivity index (χ0v) is 38.9. The largest absolute Gasteiger partial charge is 0.462 e. The molecule has 0 aromatic heterocycles. The molecule has 2 bridgehead atoms. The molecule has 1 aliphatic carbocycles.